The molecule has 16 nitrogen and oxygen atoms in total. The third-order valence-corrected chi connectivity index (χ3v) is 15.2. The zero-order chi connectivity index (χ0) is 52.8. The van der Waals surface area contributed by atoms with E-state index in [0.717, 1.165) is 73.4 Å². The van der Waals surface area contributed by atoms with Gasteiger partial charge < -0.3 is 43.6 Å². The lowest BCUT2D eigenvalue weighted by Crippen LogP contribution is -2.44. The van der Waals surface area contributed by atoms with Gasteiger partial charge in [-0.1, -0.05) is 19.2 Å². The van der Waals surface area contributed by atoms with Crippen molar-refractivity contribution in [2.45, 2.75) is 115 Å². The molecule has 3 N–H and O–H groups in total. The van der Waals surface area contributed by atoms with Crippen LogP contribution in [0.1, 0.15) is 103 Å². The molecule has 2 fully saturated rings. The number of carbonyl (C=O) groups excluding carboxylic acids is 5. The van der Waals surface area contributed by atoms with Gasteiger partial charge >= 0.3 is 23.9 Å². The van der Waals surface area contributed by atoms with Crippen LogP contribution in [0, 0.1) is 17.8 Å². The maximum absolute atomic E-state index is 13.8. The van der Waals surface area contributed by atoms with Gasteiger partial charge in [0, 0.05) is 24.1 Å². The predicted octanol–water partition coefficient (Wildman–Crippen LogP) is 11.1. The van der Waals surface area contributed by atoms with Gasteiger partial charge in [-0.15, -0.1) is 22.7 Å². The largest absolute Gasteiger partial charge is 0.494 e. The number of carbonyl (C=O) groups is 5. The highest BCUT2D eigenvalue weighted by atomic mass is 32.1. The van der Waals surface area contributed by atoms with E-state index in [-0.39, 0.29) is 41.6 Å². The summed E-state index contributed by atoms with van der Waals surface area (Å²) in [6.45, 7) is 8.63. The molecular weight excluding hydrogens is 999 g/mol. The van der Waals surface area contributed by atoms with Gasteiger partial charge in [-0.05, 0) is 175 Å². The second-order valence-corrected chi connectivity index (χ2v) is 20.5. The van der Waals surface area contributed by atoms with Crippen LogP contribution in [0.3, 0.4) is 0 Å². The molecule has 3 aromatic carbocycles. The van der Waals surface area contributed by atoms with Crippen molar-refractivity contribution >= 4 is 68.4 Å². The van der Waals surface area contributed by atoms with Crippen LogP contribution in [0.15, 0.2) is 103 Å². The highest BCUT2D eigenvalue weighted by molar-refractivity contribution is 7.25. The number of benzene rings is 3. The van der Waals surface area contributed by atoms with Crippen LogP contribution in [-0.2, 0) is 33.4 Å². The number of aromatic nitrogens is 1. The molecule has 2 saturated carbocycles. The van der Waals surface area contributed by atoms with Gasteiger partial charge in [0.25, 0.3) is 6.41 Å². The second-order valence-electron chi connectivity index (χ2n) is 18.6. The molecule has 7 rings (SSSR count). The van der Waals surface area contributed by atoms with Crippen molar-refractivity contribution in [2.24, 2.45) is 17.8 Å². The number of hydrogen-bond acceptors (Lipinski definition) is 17. The van der Waals surface area contributed by atoms with Gasteiger partial charge in [-0.3, -0.25) is 19.7 Å². The SMILES string of the molecule is C=CC(=O)OCCCCCCOc1ccc(OC(=O)C2CCC(C(=O)Nc3ccc(OC(=O)C4CCC(NC(O)Oc5ccc(OCCCCCCOC(=O)C=C)cc5)CC4)c4sc(-c5cccs5)nc34)CC2)cc1. The number of aliphatic hydroxyl groups is 1. The number of thiophene rings is 1. The van der Waals surface area contributed by atoms with Crippen molar-refractivity contribution in [3.63, 3.8) is 0 Å². The van der Waals surface area contributed by atoms with Gasteiger partial charge in [0.15, 0.2) is 0 Å². The highest BCUT2D eigenvalue weighted by Gasteiger charge is 2.33. The predicted molar refractivity (Wildman–Crippen MR) is 287 cm³/mol. The maximum atomic E-state index is 13.8. The summed E-state index contributed by atoms with van der Waals surface area (Å²) in [6.07, 6.45) is 12.6. The summed E-state index contributed by atoms with van der Waals surface area (Å²) < 4.78 is 39.8. The number of nitrogens with zero attached hydrogens (tertiary/aromatic N) is 1. The van der Waals surface area contributed by atoms with E-state index in [1.165, 1.54) is 11.3 Å². The normalized spacial score (nSPS) is 17.7. The summed E-state index contributed by atoms with van der Waals surface area (Å²) in [5, 5.41) is 19.7. The number of hydrogen-bond donors (Lipinski definition) is 3. The Morgan fingerprint density at radius 1 is 0.627 bits per heavy atom. The fraction of sp³-hybridized carbons (Fsp3) is 0.439. The number of unbranched alkanes of at least 4 members (excludes halogenated alkanes) is 6. The minimum atomic E-state index is -1.24. The average molecular weight is 1070 g/mol. The topological polar surface area (TPSA) is 207 Å². The first-order valence-corrected chi connectivity index (χ1v) is 27.6. The van der Waals surface area contributed by atoms with Gasteiger partial charge in [-0.2, -0.15) is 0 Å². The lowest BCUT2D eigenvalue weighted by Gasteiger charge is -2.29. The van der Waals surface area contributed by atoms with Crippen molar-refractivity contribution in [3.05, 3.63) is 103 Å². The number of thiazole rings is 1. The van der Waals surface area contributed by atoms with E-state index in [1.54, 1.807) is 72.0 Å². The highest BCUT2D eigenvalue weighted by Crippen LogP contribution is 2.42. The molecule has 0 radical (unpaired) electrons. The van der Waals surface area contributed by atoms with Gasteiger partial charge in [0.05, 0.1) is 53.5 Å². The number of rotatable bonds is 29. The number of anilines is 1. The number of esters is 4. The Morgan fingerprint density at radius 3 is 1.71 bits per heavy atom. The van der Waals surface area contributed by atoms with Crippen molar-refractivity contribution in [1.29, 1.82) is 0 Å². The molecule has 18 heteroatoms. The summed E-state index contributed by atoms with van der Waals surface area (Å²) in [5.41, 5.74) is 1.06. The molecule has 400 valence electrons. The molecule has 0 spiro atoms. The van der Waals surface area contributed by atoms with Crippen LogP contribution in [-0.4, -0.2) is 78.8 Å². The first-order chi connectivity index (χ1) is 36.5. The monoisotopic (exact) mass is 1070 g/mol. The van der Waals surface area contributed by atoms with Crippen molar-refractivity contribution in [3.8, 4) is 38.6 Å². The van der Waals surface area contributed by atoms with E-state index in [4.69, 9.17) is 38.1 Å². The summed E-state index contributed by atoms with van der Waals surface area (Å²) in [5.74, 6) is 0.0492. The minimum Gasteiger partial charge on any atom is -0.494 e. The van der Waals surface area contributed by atoms with Gasteiger partial charge in [-0.25, -0.2) is 14.6 Å². The van der Waals surface area contributed by atoms with Gasteiger partial charge in [0.1, 0.15) is 39.3 Å². The number of fused-ring (bicyclic) bond motifs is 1. The van der Waals surface area contributed by atoms with E-state index < -0.39 is 18.4 Å². The van der Waals surface area contributed by atoms with Crippen LogP contribution in [0.2, 0.25) is 0 Å². The summed E-state index contributed by atoms with van der Waals surface area (Å²) in [4.78, 5) is 68.7. The molecule has 1 unspecified atom stereocenters. The third kappa shape index (κ3) is 17.8. The van der Waals surface area contributed by atoms with E-state index in [9.17, 15) is 29.1 Å². The van der Waals surface area contributed by atoms with Gasteiger partial charge in [0.2, 0.25) is 5.91 Å². The average Bonchev–Trinajstić information content (AvgIpc) is 4.14. The molecule has 75 heavy (non-hydrogen) atoms. The molecule has 2 aliphatic carbocycles. The molecule has 2 heterocycles. The van der Waals surface area contributed by atoms with Crippen molar-refractivity contribution in [2.75, 3.05) is 31.7 Å². The fourth-order valence-corrected chi connectivity index (χ4v) is 10.8. The lowest BCUT2D eigenvalue weighted by molar-refractivity contribution is -0.141. The zero-order valence-corrected chi connectivity index (χ0v) is 43.8. The third-order valence-electron chi connectivity index (χ3n) is 13.1. The molecule has 2 aromatic heterocycles. The number of ether oxygens (including phenoxy) is 7. The number of nitrogens with one attached hydrogen (secondary N) is 2. The number of aliphatic hydroxyl groups excluding tert-OH is 1. The molecule has 0 saturated heterocycles. The lowest BCUT2D eigenvalue weighted by atomic mass is 9.81. The van der Waals surface area contributed by atoms with Crippen LogP contribution in [0.4, 0.5) is 5.69 Å². The Balaban J connectivity index is 0.823. The molecule has 0 bridgehead atoms. The first kappa shape index (κ1) is 56.1. The van der Waals surface area contributed by atoms with Crippen LogP contribution < -0.4 is 34.3 Å². The van der Waals surface area contributed by atoms with Crippen LogP contribution in [0.25, 0.3) is 20.1 Å². The molecule has 5 aromatic rings. The Kier molecular flexibility index (Phi) is 22.1. The minimum absolute atomic E-state index is 0.0678. The summed E-state index contributed by atoms with van der Waals surface area (Å²) in [7, 11) is 0. The van der Waals surface area contributed by atoms with Crippen molar-refractivity contribution in [1.82, 2.24) is 10.3 Å². The standard InChI is InChI=1S/C57H67N3O13S2/c1-3-49(61)69-35-11-7-5-9-33-67-42-23-27-44(28-24-42)71-55(64)39-17-15-38(16-18-39)53(63)59-46-31-32-47(52-51(46)60-54(75-52)48-14-13-37-74-48)73-56(65)40-19-21-41(22-20-40)58-57(66)72-45-29-25-43(26-30-45)68-34-10-6-8-12-36-70-50(62)4-2/h3-4,13-14,23-32,37-41,57-58,66H,1-2,5-12,15-22,33-36H2,(H,59,63). The molecule has 1 atom stereocenters. The van der Waals surface area contributed by atoms with Crippen molar-refractivity contribution < 1.29 is 62.2 Å². The second kappa shape index (κ2) is 29.5. The summed E-state index contributed by atoms with van der Waals surface area (Å²) in [6, 6.07) is 21.3. The maximum Gasteiger partial charge on any atom is 0.330 e. The zero-order valence-electron chi connectivity index (χ0n) is 42.2. The Morgan fingerprint density at radius 2 is 1.15 bits per heavy atom. The Bertz CT molecular complexity index is 2640. The first-order valence-electron chi connectivity index (χ1n) is 25.9. The van der Waals surface area contributed by atoms with Crippen LogP contribution >= 0.6 is 22.7 Å². The summed E-state index contributed by atoms with van der Waals surface area (Å²) >= 11 is 2.95. The molecular formula is C57H67N3O13S2. The number of amides is 1. The fourth-order valence-electron chi connectivity index (χ4n) is 8.92. The quantitative estimate of drug-likeness (QED) is 0.0134. The molecule has 2 aliphatic rings. The molecule has 1 amide bonds. The van der Waals surface area contributed by atoms with E-state index in [2.05, 4.69) is 23.8 Å². The Hall–Kier alpha value is -6.60. The Labute approximate surface area is 445 Å². The smallest absolute Gasteiger partial charge is 0.330 e. The van der Waals surface area contributed by atoms with E-state index in [1.807, 2.05) is 17.5 Å². The van der Waals surface area contributed by atoms with E-state index >= 15 is 0 Å². The van der Waals surface area contributed by atoms with E-state index in [0.29, 0.717) is 122 Å². The van der Waals surface area contributed by atoms with Crippen LogP contribution in [0.5, 0.6) is 28.7 Å². The molecule has 0 aliphatic heterocycles.